The van der Waals surface area contributed by atoms with E-state index in [-0.39, 0.29) is 5.41 Å². The van der Waals surface area contributed by atoms with Gasteiger partial charge in [0.2, 0.25) is 0 Å². The number of rotatable bonds is 3. The molecule has 0 spiro atoms. The molecule has 0 fully saturated rings. The number of fused-ring (bicyclic) bond motifs is 10. The molecule has 222 valence electrons. The Morgan fingerprint density at radius 1 is 0.532 bits per heavy atom. The Hall–Kier alpha value is -5.51. The Labute approximate surface area is 277 Å². The lowest BCUT2D eigenvalue weighted by atomic mass is 9.80. The second-order valence-electron chi connectivity index (χ2n) is 13.2. The zero-order valence-corrected chi connectivity index (χ0v) is 27.0. The van der Waals surface area contributed by atoms with Crippen LogP contribution in [0.5, 0.6) is 0 Å². The molecule has 0 radical (unpaired) electrons. The minimum absolute atomic E-state index is 0.169. The average Bonchev–Trinajstić information content (AvgIpc) is 3.73. The highest BCUT2D eigenvalue weighted by molar-refractivity contribution is 7.25. The number of aromatic nitrogens is 2. The van der Waals surface area contributed by atoms with Crippen molar-refractivity contribution in [1.29, 1.82) is 0 Å². The van der Waals surface area contributed by atoms with Crippen LogP contribution >= 0.6 is 11.3 Å². The molecule has 9 aromatic rings. The van der Waals surface area contributed by atoms with Gasteiger partial charge in [-0.1, -0.05) is 117 Å². The van der Waals surface area contributed by atoms with Gasteiger partial charge in [-0.15, -0.1) is 11.3 Å². The molecule has 0 saturated carbocycles. The summed E-state index contributed by atoms with van der Waals surface area (Å²) >= 11 is 1.90. The summed E-state index contributed by atoms with van der Waals surface area (Å²) in [5.41, 5.74) is 12.1. The second-order valence-corrected chi connectivity index (χ2v) is 14.3. The number of nitrogens with zero attached hydrogens (tertiary/aromatic N) is 2. The van der Waals surface area contributed by atoms with Gasteiger partial charge >= 0.3 is 0 Å². The van der Waals surface area contributed by atoms with Crippen LogP contribution in [0.25, 0.3) is 81.3 Å². The van der Waals surface area contributed by atoms with E-state index in [1.54, 1.807) is 0 Å². The quantitative estimate of drug-likeness (QED) is 0.193. The summed E-state index contributed by atoms with van der Waals surface area (Å²) in [7, 11) is 0. The van der Waals surface area contributed by atoms with E-state index in [9.17, 15) is 0 Å². The van der Waals surface area contributed by atoms with Crippen LogP contribution < -0.4 is 0 Å². The summed E-state index contributed by atoms with van der Waals surface area (Å²) in [4.78, 5) is 5.37. The van der Waals surface area contributed by atoms with Crippen LogP contribution in [0.3, 0.4) is 0 Å². The molecule has 3 heteroatoms. The topological polar surface area (TPSA) is 17.8 Å². The molecule has 6 aromatic carbocycles. The Morgan fingerprint density at radius 2 is 1.23 bits per heavy atom. The molecule has 47 heavy (non-hydrogen) atoms. The molecule has 1 aliphatic carbocycles. The Morgan fingerprint density at radius 3 is 2.04 bits per heavy atom. The number of hydrogen-bond acceptors (Lipinski definition) is 2. The van der Waals surface area contributed by atoms with Crippen molar-refractivity contribution in [2.24, 2.45) is 0 Å². The van der Waals surface area contributed by atoms with E-state index in [4.69, 9.17) is 4.98 Å². The molecular weight excluding hydrogens is 589 g/mol. The maximum absolute atomic E-state index is 5.37. The zero-order valence-electron chi connectivity index (χ0n) is 26.2. The first-order valence-electron chi connectivity index (χ1n) is 16.2. The first kappa shape index (κ1) is 26.7. The first-order valence-corrected chi connectivity index (χ1v) is 17.0. The number of thiophene rings is 1. The molecule has 0 bridgehead atoms. The largest absolute Gasteiger partial charge is 0.294 e. The lowest BCUT2D eigenvalue weighted by Gasteiger charge is -2.23. The van der Waals surface area contributed by atoms with Gasteiger partial charge < -0.3 is 0 Å². The maximum atomic E-state index is 5.37. The first-order chi connectivity index (χ1) is 23.1. The minimum atomic E-state index is -0.169. The third-order valence-electron chi connectivity index (χ3n) is 10.2. The molecule has 10 rings (SSSR count). The van der Waals surface area contributed by atoms with Crippen LogP contribution in [0.1, 0.15) is 25.0 Å². The fourth-order valence-corrected chi connectivity index (χ4v) is 9.13. The summed E-state index contributed by atoms with van der Waals surface area (Å²) in [6, 6.07) is 52.9. The molecule has 0 unspecified atom stereocenters. The van der Waals surface area contributed by atoms with Crippen LogP contribution in [0.4, 0.5) is 0 Å². The summed E-state index contributed by atoms with van der Waals surface area (Å²) in [6.07, 6.45) is 0. The second kappa shape index (κ2) is 9.75. The Kier molecular flexibility index (Phi) is 5.53. The lowest BCUT2D eigenvalue weighted by Crippen LogP contribution is -2.15. The molecule has 0 atom stereocenters. The number of para-hydroxylation sites is 1. The van der Waals surface area contributed by atoms with Gasteiger partial charge in [0, 0.05) is 41.9 Å². The third-order valence-corrected chi connectivity index (χ3v) is 11.3. The molecule has 1 aliphatic rings. The summed E-state index contributed by atoms with van der Waals surface area (Å²) in [6.45, 7) is 4.81. The Balaban J connectivity index is 1.28. The monoisotopic (exact) mass is 618 g/mol. The normalized spacial score (nSPS) is 13.5. The van der Waals surface area contributed by atoms with Crippen molar-refractivity contribution in [2.45, 2.75) is 19.3 Å². The van der Waals surface area contributed by atoms with Gasteiger partial charge in [-0.2, -0.15) is 0 Å². The van der Waals surface area contributed by atoms with Gasteiger partial charge in [-0.3, -0.25) is 4.57 Å². The van der Waals surface area contributed by atoms with E-state index in [0.29, 0.717) is 0 Å². The van der Waals surface area contributed by atoms with E-state index in [2.05, 4.69) is 164 Å². The minimum Gasteiger partial charge on any atom is -0.294 e. The maximum Gasteiger partial charge on any atom is 0.138 e. The highest BCUT2D eigenvalue weighted by Gasteiger charge is 2.38. The fourth-order valence-electron chi connectivity index (χ4n) is 8.01. The number of pyridine rings is 1. The zero-order chi connectivity index (χ0) is 31.3. The van der Waals surface area contributed by atoms with Gasteiger partial charge in [-0.25, -0.2) is 4.98 Å². The SMILES string of the molecule is CC1(C)c2cc3c(cc2-c2ccc4sc5ccccc5c4c21)c1ccccc1n3-c1cc(-c2ccccc2)cc(-c2ccccc2)n1. The number of hydrogen-bond donors (Lipinski definition) is 0. The highest BCUT2D eigenvalue weighted by atomic mass is 32.1. The van der Waals surface area contributed by atoms with Gasteiger partial charge in [0.15, 0.2) is 0 Å². The fraction of sp³-hybridized carbons (Fsp3) is 0.0682. The van der Waals surface area contributed by atoms with Crippen molar-refractivity contribution >= 4 is 53.3 Å². The van der Waals surface area contributed by atoms with Crippen LogP contribution in [0.2, 0.25) is 0 Å². The van der Waals surface area contributed by atoms with E-state index in [1.165, 1.54) is 69.8 Å². The molecule has 0 amide bonds. The highest BCUT2D eigenvalue weighted by Crippen LogP contribution is 2.55. The van der Waals surface area contributed by atoms with E-state index < -0.39 is 0 Å². The molecule has 2 nitrogen and oxygen atoms in total. The van der Waals surface area contributed by atoms with Crippen molar-refractivity contribution in [1.82, 2.24) is 9.55 Å². The summed E-state index contributed by atoms with van der Waals surface area (Å²) in [5.74, 6) is 0.927. The molecule has 3 heterocycles. The smallest absolute Gasteiger partial charge is 0.138 e. The van der Waals surface area contributed by atoms with Crippen LogP contribution in [0.15, 0.2) is 146 Å². The van der Waals surface area contributed by atoms with Gasteiger partial charge in [0.1, 0.15) is 5.82 Å². The van der Waals surface area contributed by atoms with Gasteiger partial charge in [-0.05, 0) is 75.8 Å². The molecule has 0 aliphatic heterocycles. The molecule has 3 aromatic heterocycles. The van der Waals surface area contributed by atoms with E-state index >= 15 is 0 Å². The Bertz CT molecular complexity index is 2640. The van der Waals surface area contributed by atoms with E-state index in [0.717, 1.165) is 22.6 Å². The van der Waals surface area contributed by atoms with E-state index in [1.807, 2.05) is 11.3 Å². The van der Waals surface area contributed by atoms with Crippen LogP contribution in [-0.2, 0) is 5.41 Å². The van der Waals surface area contributed by atoms with Crippen molar-refractivity contribution < 1.29 is 0 Å². The van der Waals surface area contributed by atoms with Gasteiger partial charge in [0.05, 0.1) is 16.7 Å². The molecule has 0 N–H and O–H groups in total. The third kappa shape index (κ3) is 3.81. The predicted octanol–water partition coefficient (Wildman–Crippen LogP) is 12.2. The van der Waals surface area contributed by atoms with Crippen molar-refractivity contribution in [3.63, 3.8) is 0 Å². The molecule has 0 saturated heterocycles. The summed E-state index contributed by atoms with van der Waals surface area (Å²) in [5, 5.41) is 5.27. The lowest BCUT2D eigenvalue weighted by molar-refractivity contribution is 0.667. The van der Waals surface area contributed by atoms with Gasteiger partial charge in [0.25, 0.3) is 0 Å². The van der Waals surface area contributed by atoms with Crippen molar-refractivity contribution in [2.75, 3.05) is 0 Å². The number of benzene rings is 6. The van der Waals surface area contributed by atoms with Crippen molar-refractivity contribution in [3.8, 4) is 39.3 Å². The molecular formula is C44H30N2S. The van der Waals surface area contributed by atoms with Crippen LogP contribution in [0, 0.1) is 0 Å². The standard InChI is InChI=1S/C44H30N2S/c1-44(2)35-26-38-34(25-33(35)31-21-22-40-42(43(31)44)32-18-10-12-20-39(32)47-40)30-17-9-11-19-37(30)46(38)41-24-29(27-13-5-3-6-14-27)23-36(45-41)28-15-7-4-8-16-28/h3-26H,1-2H3. The predicted molar refractivity (Wildman–Crippen MR) is 200 cm³/mol. The van der Waals surface area contributed by atoms with Crippen molar-refractivity contribution in [3.05, 3.63) is 157 Å². The van der Waals surface area contributed by atoms with Crippen LogP contribution in [-0.4, -0.2) is 9.55 Å². The summed E-state index contributed by atoms with van der Waals surface area (Å²) < 4.78 is 5.10. The average molecular weight is 619 g/mol.